The molecule has 0 heterocycles. The molecule has 0 unspecified atom stereocenters. The molecule has 0 N–H and O–H groups in total. The standard InChI is InChI=1S/C15H15FOS.CH2F2/c1-17-15-8-4-13(5-9-15)11-18-10-12-2-6-14(16)7-3-12;2-1-3/h2-9H,10-11H2,1H3;1H2. The summed E-state index contributed by atoms with van der Waals surface area (Å²) in [5, 5.41) is 0. The van der Waals surface area contributed by atoms with Crippen LogP contribution in [0.15, 0.2) is 48.5 Å². The molecule has 2 rings (SSSR count). The van der Waals surface area contributed by atoms with Gasteiger partial charge in [0.25, 0.3) is 0 Å². The smallest absolute Gasteiger partial charge is 0.229 e. The Hall–Kier alpha value is -1.62. The van der Waals surface area contributed by atoms with E-state index in [1.165, 1.54) is 17.7 Å². The fourth-order valence-electron chi connectivity index (χ4n) is 1.59. The van der Waals surface area contributed by atoms with Gasteiger partial charge in [0, 0.05) is 11.5 Å². The van der Waals surface area contributed by atoms with Crippen molar-refractivity contribution in [3.8, 4) is 5.75 Å². The summed E-state index contributed by atoms with van der Waals surface area (Å²) in [5.41, 5.74) is 2.41. The first-order valence-electron chi connectivity index (χ1n) is 6.26. The molecule has 0 aliphatic carbocycles. The summed E-state index contributed by atoms with van der Waals surface area (Å²) in [6.45, 7) is -1.75. The number of alkyl halides is 2. The summed E-state index contributed by atoms with van der Waals surface area (Å²) in [7, 11) is 1.66. The molecule has 5 heteroatoms. The molecule has 0 amide bonds. The Morgan fingerprint density at radius 3 is 1.71 bits per heavy atom. The van der Waals surface area contributed by atoms with E-state index in [9.17, 15) is 13.2 Å². The van der Waals surface area contributed by atoms with Crippen molar-refractivity contribution >= 4 is 11.8 Å². The third-order valence-electron chi connectivity index (χ3n) is 2.61. The molecule has 0 bridgehead atoms. The van der Waals surface area contributed by atoms with Crippen molar-refractivity contribution in [2.24, 2.45) is 0 Å². The number of hydrogen-bond acceptors (Lipinski definition) is 2. The lowest BCUT2D eigenvalue weighted by molar-refractivity contribution is 0.295. The van der Waals surface area contributed by atoms with Gasteiger partial charge in [-0.2, -0.15) is 11.8 Å². The number of benzene rings is 2. The van der Waals surface area contributed by atoms with Gasteiger partial charge < -0.3 is 4.74 Å². The predicted octanol–water partition coefficient (Wildman–Crippen LogP) is 5.15. The van der Waals surface area contributed by atoms with E-state index in [1.54, 1.807) is 7.11 Å². The van der Waals surface area contributed by atoms with E-state index in [2.05, 4.69) is 12.1 Å². The average Bonchev–Trinajstić information content (AvgIpc) is 2.51. The second-order valence-electron chi connectivity index (χ2n) is 4.07. The molecule has 21 heavy (non-hydrogen) atoms. The van der Waals surface area contributed by atoms with Gasteiger partial charge in [0.1, 0.15) is 11.6 Å². The van der Waals surface area contributed by atoms with Gasteiger partial charge in [0.15, 0.2) is 0 Å². The normalized spacial score (nSPS) is 9.71. The maximum absolute atomic E-state index is 12.7. The van der Waals surface area contributed by atoms with E-state index in [0.717, 1.165) is 22.8 Å². The Balaban J connectivity index is 0.000000677. The van der Waals surface area contributed by atoms with Gasteiger partial charge in [-0.15, -0.1) is 0 Å². The van der Waals surface area contributed by atoms with E-state index < -0.39 is 6.93 Å². The first kappa shape index (κ1) is 17.4. The molecule has 0 aliphatic rings. The number of rotatable bonds is 5. The Morgan fingerprint density at radius 1 is 0.857 bits per heavy atom. The van der Waals surface area contributed by atoms with E-state index in [0.29, 0.717) is 0 Å². The predicted molar refractivity (Wildman–Crippen MR) is 81.5 cm³/mol. The van der Waals surface area contributed by atoms with Crippen LogP contribution in [0.4, 0.5) is 13.2 Å². The summed E-state index contributed by atoms with van der Waals surface area (Å²) < 4.78 is 37.1. The van der Waals surface area contributed by atoms with Crippen molar-refractivity contribution in [3.05, 3.63) is 65.5 Å². The van der Waals surface area contributed by atoms with Crippen molar-refractivity contribution in [2.45, 2.75) is 11.5 Å². The summed E-state index contributed by atoms with van der Waals surface area (Å²) in [5.74, 6) is 2.54. The minimum atomic E-state index is -1.75. The topological polar surface area (TPSA) is 9.23 Å². The summed E-state index contributed by atoms with van der Waals surface area (Å²) in [4.78, 5) is 0. The van der Waals surface area contributed by atoms with Gasteiger partial charge in [0.2, 0.25) is 6.93 Å². The van der Waals surface area contributed by atoms with Crippen molar-refractivity contribution in [3.63, 3.8) is 0 Å². The zero-order valence-corrected chi connectivity index (χ0v) is 12.5. The fourth-order valence-corrected chi connectivity index (χ4v) is 2.55. The van der Waals surface area contributed by atoms with E-state index in [-0.39, 0.29) is 5.82 Å². The van der Waals surface area contributed by atoms with Crippen LogP contribution in [0.2, 0.25) is 0 Å². The number of ether oxygens (including phenoxy) is 1. The molecule has 0 aliphatic heterocycles. The van der Waals surface area contributed by atoms with Crippen LogP contribution in [0.1, 0.15) is 11.1 Å². The Labute approximate surface area is 127 Å². The zero-order chi connectivity index (χ0) is 15.5. The van der Waals surface area contributed by atoms with Crippen LogP contribution < -0.4 is 4.74 Å². The van der Waals surface area contributed by atoms with Crippen LogP contribution in [0.3, 0.4) is 0 Å². The highest BCUT2D eigenvalue weighted by Gasteiger charge is 1.97. The number of methoxy groups -OCH3 is 1. The van der Waals surface area contributed by atoms with Crippen LogP contribution in [0.5, 0.6) is 5.75 Å². The van der Waals surface area contributed by atoms with Crippen LogP contribution in [-0.4, -0.2) is 14.0 Å². The lowest BCUT2D eigenvalue weighted by Crippen LogP contribution is -1.86. The highest BCUT2D eigenvalue weighted by Crippen LogP contribution is 2.20. The number of halogens is 3. The monoisotopic (exact) mass is 314 g/mol. The highest BCUT2D eigenvalue weighted by molar-refractivity contribution is 7.97. The first-order valence-corrected chi connectivity index (χ1v) is 7.42. The third-order valence-corrected chi connectivity index (χ3v) is 3.68. The highest BCUT2D eigenvalue weighted by atomic mass is 32.2. The van der Waals surface area contributed by atoms with Crippen LogP contribution in [-0.2, 0) is 11.5 Å². The number of hydrogen-bond donors (Lipinski definition) is 0. The molecule has 0 saturated carbocycles. The lowest BCUT2D eigenvalue weighted by Gasteiger charge is -2.04. The van der Waals surface area contributed by atoms with Gasteiger partial charge >= 0.3 is 0 Å². The Bertz CT molecular complexity index is 500. The molecule has 114 valence electrons. The van der Waals surface area contributed by atoms with E-state index in [1.807, 2.05) is 36.0 Å². The maximum atomic E-state index is 12.7. The minimum Gasteiger partial charge on any atom is -0.497 e. The average molecular weight is 314 g/mol. The molecular formula is C16H17F3OS. The van der Waals surface area contributed by atoms with Gasteiger partial charge in [-0.3, -0.25) is 0 Å². The molecule has 0 radical (unpaired) electrons. The minimum absolute atomic E-state index is 0.182. The van der Waals surface area contributed by atoms with E-state index >= 15 is 0 Å². The summed E-state index contributed by atoms with van der Waals surface area (Å²) in [6, 6.07) is 14.7. The maximum Gasteiger partial charge on any atom is 0.229 e. The SMILES string of the molecule is COc1ccc(CSCc2ccc(F)cc2)cc1.FCF. The van der Waals surface area contributed by atoms with Crippen molar-refractivity contribution in [1.29, 1.82) is 0 Å². The largest absolute Gasteiger partial charge is 0.497 e. The van der Waals surface area contributed by atoms with Gasteiger partial charge in [-0.05, 0) is 35.4 Å². The van der Waals surface area contributed by atoms with Crippen LogP contribution in [0.25, 0.3) is 0 Å². The van der Waals surface area contributed by atoms with Crippen molar-refractivity contribution in [1.82, 2.24) is 0 Å². The van der Waals surface area contributed by atoms with E-state index in [4.69, 9.17) is 4.74 Å². The first-order chi connectivity index (χ1) is 10.2. The van der Waals surface area contributed by atoms with Gasteiger partial charge in [0.05, 0.1) is 7.11 Å². The van der Waals surface area contributed by atoms with Crippen LogP contribution in [0, 0.1) is 5.82 Å². The summed E-state index contributed by atoms with van der Waals surface area (Å²) in [6.07, 6.45) is 0. The molecule has 1 nitrogen and oxygen atoms in total. The van der Waals surface area contributed by atoms with Gasteiger partial charge in [-0.1, -0.05) is 24.3 Å². The molecule has 0 fully saturated rings. The van der Waals surface area contributed by atoms with Crippen molar-refractivity contribution < 1.29 is 17.9 Å². The molecule has 0 atom stereocenters. The molecule has 0 saturated heterocycles. The lowest BCUT2D eigenvalue weighted by atomic mass is 10.2. The van der Waals surface area contributed by atoms with Crippen molar-refractivity contribution in [2.75, 3.05) is 14.0 Å². The molecule has 0 aromatic heterocycles. The zero-order valence-electron chi connectivity index (χ0n) is 11.7. The third kappa shape index (κ3) is 7.09. The molecule has 0 spiro atoms. The van der Waals surface area contributed by atoms with Crippen LogP contribution >= 0.6 is 11.8 Å². The summed E-state index contributed by atoms with van der Waals surface area (Å²) >= 11 is 1.82. The Morgan fingerprint density at radius 2 is 1.29 bits per heavy atom. The molecule has 2 aromatic carbocycles. The second-order valence-corrected chi connectivity index (χ2v) is 5.05. The number of thioether (sulfide) groups is 1. The Kier molecular flexibility index (Phi) is 8.43. The molecular weight excluding hydrogens is 297 g/mol. The second kappa shape index (κ2) is 10.2. The van der Waals surface area contributed by atoms with Gasteiger partial charge in [-0.25, -0.2) is 13.2 Å². The molecule has 2 aromatic rings. The quantitative estimate of drug-likeness (QED) is 0.755. The fraction of sp³-hybridized carbons (Fsp3) is 0.250.